The molecule has 1 unspecified atom stereocenters. The molecule has 0 aliphatic heterocycles. The summed E-state index contributed by atoms with van der Waals surface area (Å²) in [5, 5.41) is 10.6. The highest BCUT2D eigenvalue weighted by Crippen LogP contribution is 2.19. The number of nitrogens with one attached hydrogen (secondary N) is 1. The van der Waals surface area contributed by atoms with Crippen molar-refractivity contribution in [2.45, 2.75) is 6.10 Å². The Hall–Kier alpha value is -1.54. The van der Waals surface area contributed by atoms with Crippen molar-refractivity contribution in [3.63, 3.8) is 0 Å². The maximum atomic E-state index is 9.49. The lowest BCUT2D eigenvalue weighted by Crippen LogP contribution is -1.91. The fourth-order valence-electron chi connectivity index (χ4n) is 1.39. The highest BCUT2D eigenvalue weighted by molar-refractivity contribution is 5.79. The first-order chi connectivity index (χ1) is 6.31. The molecule has 2 N–H and O–H groups in total. The minimum Gasteiger partial charge on any atom is -0.384 e. The lowest BCUT2D eigenvalue weighted by Gasteiger charge is -2.04. The van der Waals surface area contributed by atoms with Gasteiger partial charge in [-0.3, -0.25) is 0 Å². The van der Waals surface area contributed by atoms with Gasteiger partial charge < -0.3 is 10.1 Å². The fraction of sp³-hybridized carbons (Fsp3) is 0.0909. The number of aromatic nitrogens is 1. The predicted octanol–water partition coefficient (Wildman–Crippen LogP) is 2.39. The van der Waals surface area contributed by atoms with Gasteiger partial charge in [-0.1, -0.05) is 18.2 Å². The van der Waals surface area contributed by atoms with Crippen molar-refractivity contribution < 1.29 is 5.11 Å². The van der Waals surface area contributed by atoms with Crippen LogP contribution in [0.2, 0.25) is 0 Å². The van der Waals surface area contributed by atoms with E-state index in [-0.39, 0.29) is 0 Å². The molecule has 0 spiro atoms. The number of rotatable bonds is 2. The quantitative estimate of drug-likeness (QED) is 0.672. The second-order valence-electron chi connectivity index (χ2n) is 3.00. The average molecular weight is 173 g/mol. The number of hydrogen-bond acceptors (Lipinski definition) is 1. The molecular weight excluding hydrogens is 162 g/mol. The first-order valence-electron chi connectivity index (χ1n) is 4.19. The second-order valence-corrected chi connectivity index (χ2v) is 3.00. The van der Waals surface area contributed by atoms with E-state index in [9.17, 15) is 5.11 Å². The number of fused-ring (bicyclic) bond motifs is 1. The first-order valence-corrected chi connectivity index (χ1v) is 4.19. The first kappa shape index (κ1) is 8.08. The van der Waals surface area contributed by atoms with E-state index < -0.39 is 6.10 Å². The summed E-state index contributed by atoms with van der Waals surface area (Å²) in [6.07, 6.45) is 2.83. The fourth-order valence-corrected chi connectivity index (χ4v) is 1.39. The molecule has 13 heavy (non-hydrogen) atoms. The Bertz CT molecular complexity index is 430. The molecule has 1 atom stereocenters. The molecule has 2 rings (SSSR count). The zero-order chi connectivity index (χ0) is 9.26. The maximum absolute atomic E-state index is 9.49. The molecule has 0 saturated heterocycles. The zero-order valence-electron chi connectivity index (χ0n) is 7.20. The topological polar surface area (TPSA) is 36.0 Å². The van der Waals surface area contributed by atoms with Crippen LogP contribution in [0.25, 0.3) is 10.9 Å². The van der Waals surface area contributed by atoms with Crippen LogP contribution in [0.3, 0.4) is 0 Å². The van der Waals surface area contributed by atoms with Crippen molar-refractivity contribution in [1.82, 2.24) is 4.98 Å². The molecule has 0 radical (unpaired) electrons. The highest BCUT2D eigenvalue weighted by Gasteiger charge is 2.03. The van der Waals surface area contributed by atoms with Crippen molar-refractivity contribution in [2.75, 3.05) is 0 Å². The number of H-pyrrole nitrogens is 1. The van der Waals surface area contributed by atoms with Gasteiger partial charge in [0.2, 0.25) is 0 Å². The van der Waals surface area contributed by atoms with E-state index in [1.807, 2.05) is 30.5 Å². The van der Waals surface area contributed by atoms with Crippen LogP contribution in [-0.2, 0) is 0 Å². The number of benzene rings is 1. The second kappa shape index (κ2) is 3.07. The van der Waals surface area contributed by atoms with Gasteiger partial charge in [0.05, 0.1) is 6.10 Å². The smallest absolute Gasteiger partial charge is 0.0969 e. The number of hydrogen-bond donors (Lipinski definition) is 2. The van der Waals surface area contributed by atoms with Crippen LogP contribution in [0.4, 0.5) is 0 Å². The molecule has 2 aromatic rings. The molecule has 0 fully saturated rings. The van der Waals surface area contributed by atoms with Crippen LogP contribution in [0.15, 0.2) is 43.1 Å². The van der Waals surface area contributed by atoms with E-state index >= 15 is 0 Å². The van der Waals surface area contributed by atoms with Crippen LogP contribution < -0.4 is 0 Å². The lowest BCUT2D eigenvalue weighted by molar-refractivity contribution is 0.229. The third-order valence-corrected chi connectivity index (χ3v) is 2.14. The Morgan fingerprint density at radius 3 is 3.00 bits per heavy atom. The minimum absolute atomic E-state index is 0.576. The Morgan fingerprint density at radius 2 is 2.23 bits per heavy atom. The Kier molecular flexibility index (Phi) is 1.91. The van der Waals surface area contributed by atoms with Crippen molar-refractivity contribution in [3.8, 4) is 0 Å². The molecule has 66 valence electrons. The standard InChI is InChI=1S/C11H11NO/c1-2-11(13)9-4-3-8-5-6-12-10(8)7-9/h2-7,11-13H,1H2. The van der Waals surface area contributed by atoms with Crippen LogP contribution in [0.5, 0.6) is 0 Å². The highest BCUT2D eigenvalue weighted by atomic mass is 16.3. The predicted molar refractivity (Wildman–Crippen MR) is 53.5 cm³/mol. The average Bonchev–Trinajstić information content (AvgIpc) is 2.63. The van der Waals surface area contributed by atoms with Gasteiger partial charge in [-0.15, -0.1) is 6.58 Å². The van der Waals surface area contributed by atoms with Gasteiger partial charge in [-0.25, -0.2) is 0 Å². The third-order valence-electron chi connectivity index (χ3n) is 2.14. The van der Waals surface area contributed by atoms with Gasteiger partial charge >= 0.3 is 0 Å². The summed E-state index contributed by atoms with van der Waals surface area (Å²) in [6, 6.07) is 7.82. The molecular formula is C11H11NO. The summed E-state index contributed by atoms with van der Waals surface area (Å²) < 4.78 is 0. The summed E-state index contributed by atoms with van der Waals surface area (Å²) in [5.74, 6) is 0. The van der Waals surface area contributed by atoms with E-state index in [2.05, 4.69) is 11.6 Å². The Balaban J connectivity index is 2.53. The van der Waals surface area contributed by atoms with Crippen molar-refractivity contribution in [2.24, 2.45) is 0 Å². The minimum atomic E-state index is -0.576. The van der Waals surface area contributed by atoms with Crippen molar-refractivity contribution in [1.29, 1.82) is 0 Å². The largest absolute Gasteiger partial charge is 0.384 e. The molecule has 0 bridgehead atoms. The number of aliphatic hydroxyl groups excluding tert-OH is 1. The zero-order valence-corrected chi connectivity index (χ0v) is 7.20. The van der Waals surface area contributed by atoms with Gasteiger partial charge in [0.1, 0.15) is 0 Å². The normalized spacial score (nSPS) is 13.0. The SMILES string of the molecule is C=CC(O)c1ccc2cc[nH]c2c1. The summed E-state index contributed by atoms with van der Waals surface area (Å²) >= 11 is 0. The van der Waals surface area contributed by atoms with Gasteiger partial charge in [0, 0.05) is 11.7 Å². The molecule has 0 aliphatic carbocycles. The maximum Gasteiger partial charge on any atom is 0.0969 e. The molecule has 2 heteroatoms. The van der Waals surface area contributed by atoms with Crippen LogP contribution in [0.1, 0.15) is 11.7 Å². The Labute approximate surface area is 76.5 Å². The van der Waals surface area contributed by atoms with E-state index in [0.29, 0.717) is 0 Å². The van der Waals surface area contributed by atoms with E-state index in [1.54, 1.807) is 0 Å². The van der Waals surface area contributed by atoms with E-state index in [0.717, 1.165) is 16.5 Å². The van der Waals surface area contributed by atoms with Gasteiger partial charge in [0.25, 0.3) is 0 Å². The van der Waals surface area contributed by atoms with Crippen LogP contribution >= 0.6 is 0 Å². The van der Waals surface area contributed by atoms with Gasteiger partial charge in [0.15, 0.2) is 0 Å². The van der Waals surface area contributed by atoms with Gasteiger partial charge in [-0.2, -0.15) is 0 Å². The lowest BCUT2D eigenvalue weighted by atomic mass is 10.1. The van der Waals surface area contributed by atoms with Crippen LogP contribution in [-0.4, -0.2) is 10.1 Å². The molecule has 1 aromatic heterocycles. The number of aromatic amines is 1. The monoisotopic (exact) mass is 173 g/mol. The third kappa shape index (κ3) is 1.36. The summed E-state index contributed by atoms with van der Waals surface area (Å²) in [5.41, 5.74) is 1.91. The molecule has 0 amide bonds. The van der Waals surface area contributed by atoms with Gasteiger partial charge in [-0.05, 0) is 23.1 Å². The molecule has 0 aliphatic rings. The summed E-state index contributed by atoms with van der Waals surface area (Å²) in [7, 11) is 0. The van der Waals surface area contributed by atoms with Crippen molar-refractivity contribution >= 4 is 10.9 Å². The van der Waals surface area contributed by atoms with E-state index in [1.165, 1.54) is 6.08 Å². The molecule has 2 nitrogen and oxygen atoms in total. The molecule has 1 aromatic carbocycles. The number of aliphatic hydroxyl groups is 1. The molecule has 1 heterocycles. The van der Waals surface area contributed by atoms with E-state index in [4.69, 9.17) is 0 Å². The Morgan fingerprint density at radius 1 is 1.38 bits per heavy atom. The molecule has 0 saturated carbocycles. The summed E-state index contributed by atoms with van der Waals surface area (Å²) in [4.78, 5) is 3.09. The van der Waals surface area contributed by atoms with Crippen molar-refractivity contribution in [3.05, 3.63) is 48.7 Å². The summed E-state index contributed by atoms with van der Waals surface area (Å²) in [6.45, 7) is 3.54. The van der Waals surface area contributed by atoms with Crippen LogP contribution in [0, 0.1) is 0 Å².